The Balaban J connectivity index is 0.00000220. The Morgan fingerprint density at radius 2 is 1.77 bits per heavy atom. The maximum atomic E-state index is 10.3. The number of phenolic OH excluding ortho intramolecular Hbond substituents is 1. The minimum Gasteiger partial charge on any atom is -0.508 e. The van der Waals surface area contributed by atoms with E-state index in [2.05, 4.69) is 24.1 Å². The molecule has 3 nitrogen and oxygen atoms in total. The molecule has 1 aromatic rings. The van der Waals surface area contributed by atoms with Crippen LogP contribution in [-0.2, 0) is 0 Å². The van der Waals surface area contributed by atoms with Crippen LogP contribution in [0.2, 0.25) is 10.0 Å². The van der Waals surface area contributed by atoms with Gasteiger partial charge in [-0.05, 0) is 24.5 Å². The highest BCUT2D eigenvalue weighted by molar-refractivity contribution is 6.35. The molecule has 1 atom stereocenters. The molecule has 0 aromatic heterocycles. The highest BCUT2D eigenvalue weighted by atomic mass is 35.5. The molecule has 0 saturated carbocycles. The highest BCUT2D eigenvalue weighted by Crippen LogP contribution is 2.40. The molecular formula is C15H24Cl4N2O. The summed E-state index contributed by atoms with van der Waals surface area (Å²) in [6, 6.07) is 3.44. The zero-order valence-electron chi connectivity index (χ0n) is 12.8. The van der Waals surface area contributed by atoms with E-state index >= 15 is 0 Å². The van der Waals surface area contributed by atoms with E-state index in [4.69, 9.17) is 23.2 Å². The summed E-state index contributed by atoms with van der Waals surface area (Å²) >= 11 is 12.3. The molecule has 128 valence electrons. The molecule has 22 heavy (non-hydrogen) atoms. The molecule has 1 heterocycles. The quantitative estimate of drug-likeness (QED) is 0.793. The highest BCUT2D eigenvalue weighted by Gasteiger charge is 2.27. The fraction of sp³-hybridized carbons (Fsp3) is 0.600. The summed E-state index contributed by atoms with van der Waals surface area (Å²) in [6.07, 6.45) is 0.967. The van der Waals surface area contributed by atoms with E-state index < -0.39 is 0 Å². The van der Waals surface area contributed by atoms with Crippen LogP contribution >= 0.6 is 48.0 Å². The number of piperazine rings is 1. The maximum absolute atomic E-state index is 10.3. The zero-order valence-corrected chi connectivity index (χ0v) is 16.0. The van der Waals surface area contributed by atoms with E-state index in [0.717, 1.165) is 38.2 Å². The van der Waals surface area contributed by atoms with Gasteiger partial charge in [0.1, 0.15) is 5.75 Å². The monoisotopic (exact) mass is 388 g/mol. The van der Waals surface area contributed by atoms with Crippen LogP contribution < -0.4 is 5.32 Å². The van der Waals surface area contributed by atoms with Crippen molar-refractivity contribution in [3.05, 3.63) is 27.7 Å². The Hall–Kier alpha value is 0.1000. The minimum atomic E-state index is 0. The summed E-state index contributed by atoms with van der Waals surface area (Å²) in [5.74, 6) is 0.729. The molecule has 0 unspecified atom stereocenters. The van der Waals surface area contributed by atoms with Crippen molar-refractivity contribution in [2.75, 3.05) is 26.2 Å². The maximum Gasteiger partial charge on any atom is 0.123 e. The lowest BCUT2D eigenvalue weighted by Gasteiger charge is -2.36. The van der Waals surface area contributed by atoms with Gasteiger partial charge in [0.2, 0.25) is 0 Å². The van der Waals surface area contributed by atoms with Crippen LogP contribution in [0.15, 0.2) is 12.1 Å². The fourth-order valence-corrected chi connectivity index (χ4v) is 3.40. The summed E-state index contributed by atoms with van der Waals surface area (Å²) < 4.78 is 0. The molecule has 0 amide bonds. The Bertz CT molecular complexity index is 442. The third kappa shape index (κ3) is 5.63. The summed E-state index contributed by atoms with van der Waals surface area (Å²) in [5, 5.41) is 14.7. The van der Waals surface area contributed by atoms with E-state index in [0.29, 0.717) is 16.0 Å². The van der Waals surface area contributed by atoms with Crippen molar-refractivity contribution < 1.29 is 5.11 Å². The molecule has 0 aliphatic carbocycles. The van der Waals surface area contributed by atoms with E-state index in [1.807, 2.05) is 0 Å². The van der Waals surface area contributed by atoms with Crippen LogP contribution in [-0.4, -0.2) is 36.2 Å². The molecule has 7 heteroatoms. The van der Waals surface area contributed by atoms with Gasteiger partial charge in [-0.2, -0.15) is 0 Å². The van der Waals surface area contributed by atoms with Gasteiger partial charge >= 0.3 is 0 Å². The van der Waals surface area contributed by atoms with Crippen molar-refractivity contribution >= 4 is 48.0 Å². The predicted octanol–water partition coefficient (Wildman–Crippen LogP) is 4.54. The van der Waals surface area contributed by atoms with Crippen LogP contribution in [0.1, 0.15) is 31.9 Å². The molecule has 0 bridgehead atoms. The number of rotatable bonds is 4. The lowest BCUT2D eigenvalue weighted by Crippen LogP contribution is -2.45. The molecule has 1 saturated heterocycles. The van der Waals surface area contributed by atoms with Crippen molar-refractivity contribution in [2.45, 2.75) is 26.3 Å². The molecule has 1 aromatic carbocycles. The first-order valence-corrected chi connectivity index (χ1v) is 7.87. The average Bonchev–Trinajstić information content (AvgIpc) is 2.37. The van der Waals surface area contributed by atoms with E-state index in [1.54, 1.807) is 12.1 Å². The molecule has 1 fully saturated rings. The smallest absolute Gasteiger partial charge is 0.123 e. The SMILES string of the molecule is CC(C)C[C@H](c1c(O)cc(Cl)cc1Cl)N1CCNCC1.Cl.Cl. The normalized spacial score (nSPS) is 16.8. The third-order valence-electron chi connectivity index (χ3n) is 3.69. The van der Waals surface area contributed by atoms with E-state index in [-0.39, 0.29) is 36.6 Å². The Kier molecular flexibility index (Phi) is 10.1. The van der Waals surface area contributed by atoms with Crippen molar-refractivity contribution in [2.24, 2.45) is 5.92 Å². The molecular weight excluding hydrogens is 366 g/mol. The number of nitrogens with zero attached hydrogens (tertiary/aromatic N) is 1. The van der Waals surface area contributed by atoms with Crippen molar-refractivity contribution in [1.82, 2.24) is 10.2 Å². The van der Waals surface area contributed by atoms with Crippen LogP contribution in [0.5, 0.6) is 5.75 Å². The molecule has 1 aliphatic heterocycles. The number of hydrogen-bond donors (Lipinski definition) is 2. The first-order valence-electron chi connectivity index (χ1n) is 7.11. The van der Waals surface area contributed by atoms with Crippen molar-refractivity contribution in [1.29, 1.82) is 0 Å². The minimum absolute atomic E-state index is 0. The summed E-state index contributed by atoms with van der Waals surface area (Å²) in [5.41, 5.74) is 0.812. The standard InChI is InChI=1S/C15H22Cl2N2O.2ClH/c1-10(2)7-13(19-5-3-18-4-6-19)15-12(17)8-11(16)9-14(15)20;;/h8-10,13,18,20H,3-7H2,1-2H3;2*1H/t13-;;/m1../s1. The Morgan fingerprint density at radius 1 is 1.18 bits per heavy atom. The molecule has 2 N–H and O–H groups in total. The Labute approximate surface area is 155 Å². The zero-order chi connectivity index (χ0) is 14.7. The van der Waals surface area contributed by atoms with Gasteiger partial charge in [-0.25, -0.2) is 0 Å². The summed E-state index contributed by atoms with van der Waals surface area (Å²) in [7, 11) is 0. The second-order valence-electron chi connectivity index (χ2n) is 5.75. The van der Waals surface area contributed by atoms with Crippen molar-refractivity contribution in [3.63, 3.8) is 0 Å². The van der Waals surface area contributed by atoms with Gasteiger partial charge < -0.3 is 10.4 Å². The summed E-state index contributed by atoms with van der Waals surface area (Å²) in [6.45, 7) is 8.26. The first kappa shape index (κ1) is 22.1. The predicted molar refractivity (Wildman–Crippen MR) is 99.3 cm³/mol. The third-order valence-corrected chi connectivity index (χ3v) is 4.22. The number of aromatic hydroxyl groups is 1. The topological polar surface area (TPSA) is 35.5 Å². The van der Waals surface area contributed by atoms with Crippen LogP contribution in [0.3, 0.4) is 0 Å². The van der Waals surface area contributed by atoms with Gasteiger partial charge in [0.05, 0.1) is 5.02 Å². The molecule has 2 rings (SSSR count). The lowest BCUT2D eigenvalue weighted by atomic mass is 9.94. The number of benzene rings is 1. The van der Waals surface area contributed by atoms with E-state index in [9.17, 15) is 5.11 Å². The molecule has 0 spiro atoms. The Morgan fingerprint density at radius 3 is 2.27 bits per heavy atom. The number of halogens is 4. The largest absolute Gasteiger partial charge is 0.508 e. The number of phenols is 1. The summed E-state index contributed by atoms with van der Waals surface area (Å²) in [4.78, 5) is 2.39. The van der Waals surface area contributed by atoms with E-state index in [1.165, 1.54) is 0 Å². The van der Waals surface area contributed by atoms with Crippen LogP contribution in [0, 0.1) is 5.92 Å². The van der Waals surface area contributed by atoms with Gasteiger partial charge in [0, 0.05) is 42.8 Å². The van der Waals surface area contributed by atoms with Crippen LogP contribution in [0.4, 0.5) is 0 Å². The fourth-order valence-electron chi connectivity index (χ4n) is 2.79. The van der Waals surface area contributed by atoms with Crippen LogP contribution in [0.25, 0.3) is 0 Å². The van der Waals surface area contributed by atoms with Gasteiger partial charge in [0.15, 0.2) is 0 Å². The molecule has 0 radical (unpaired) electrons. The average molecular weight is 390 g/mol. The number of hydrogen-bond acceptors (Lipinski definition) is 3. The second-order valence-corrected chi connectivity index (χ2v) is 6.60. The lowest BCUT2D eigenvalue weighted by molar-refractivity contribution is 0.152. The molecule has 1 aliphatic rings. The van der Waals surface area contributed by atoms with Crippen molar-refractivity contribution in [3.8, 4) is 5.75 Å². The van der Waals surface area contributed by atoms with Gasteiger partial charge in [-0.15, -0.1) is 24.8 Å². The number of nitrogens with one attached hydrogen (secondary N) is 1. The first-order chi connectivity index (χ1) is 9.49. The van der Waals surface area contributed by atoms with Gasteiger partial charge in [-0.1, -0.05) is 37.0 Å². The second kappa shape index (κ2) is 10.1. The van der Waals surface area contributed by atoms with Gasteiger partial charge in [0.25, 0.3) is 0 Å². The van der Waals surface area contributed by atoms with Gasteiger partial charge in [-0.3, -0.25) is 4.90 Å².